The van der Waals surface area contributed by atoms with E-state index in [1.807, 2.05) is 12.3 Å². The summed E-state index contributed by atoms with van der Waals surface area (Å²) in [5, 5.41) is 4.42. The van der Waals surface area contributed by atoms with E-state index in [0.29, 0.717) is 12.6 Å². The van der Waals surface area contributed by atoms with Crippen molar-refractivity contribution in [3.63, 3.8) is 0 Å². The van der Waals surface area contributed by atoms with Gasteiger partial charge in [0.05, 0.1) is 5.69 Å². The van der Waals surface area contributed by atoms with Gasteiger partial charge in [0.25, 0.3) is 6.01 Å². The lowest BCUT2D eigenvalue weighted by Crippen LogP contribution is -2.05. The fraction of sp³-hybridized carbons (Fsp3) is 0.214. The maximum Gasteiger partial charge on any atom is 0.294 e. The molecule has 3 aromatic rings. The molecule has 0 saturated heterocycles. The highest BCUT2D eigenvalue weighted by Gasteiger charge is 2.04. The van der Waals surface area contributed by atoms with Crippen LogP contribution in [0, 0.1) is 0 Å². The topological polar surface area (TPSA) is 79.9 Å². The Morgan fingerprint density at radius 3 is 3.05 bits per heavy atom. The Balaban J connectivity index is 1.63. The molecule has 19 heavy (non-hydrogen) atoms. The molecule has 0 amide bonds. The van der Waals surface area contributed by atoms with Gasteiger partial charge in [-0.3, -0.25) is 0 Å². The number of rotatable bonds is 5. The number of para-hydroxylation sites is 1. The van der Waals surface area contributed by atoms with Crippen LogP contribution >= 0.6 is 0 Å². The van der Waals surface area contributed by atoms with Crippen LogP contribution in [0.2, 0.25) is 0 Å². The summed E-state index contributed by atoms with van der Waals surface area (Å²) in [4.78, 5) is 7.47. The first-order valence-corrected chi connectivity index (χ1v) is 6.30. The lowest BCUT2D eigenvalue weighted by atomic mass is 10.1. The molecule has 1 aromatic carbocycles. The van der Waals surface area contributed by atoms with Gasteiger partial charge >= 0.3 is 0 Å². The Morgan fingerprint density at radius 2 is 2.21 bits per heavy atom. The molecule has 2 heterocycles. The molecule has 0 bridgehead atoms. The summed E-state index contributed by atoms with van der Waals surface area (Å²) in [5.41, 5.74) is 8.69. The molecule has 5 nitrogen and oxygen atoms in total. The Bertz CT molecular complexity index is 671. The van der Waals surface area contributed by atoms with E-state index in [0.717, 1.165) is 18.7 Å². The van der Waals surface area contributed by atoms with Crippen molar-refractivity contribution in [1.29, 1.82) is 0 Å². The average Bonchev–Trinajstić information content (AvgIpc) is 3.06. The van der Waals surface area contributed by atoms with Gasteiger partial charge in [-0.2, -0.15) is 4.98 Å². The Hall–Kier alpha value is -2.27. The molecule has 0 spiro atoms. The molecule has 0 aliphatic heterocycles. The average molecular weight is 256 g/mol. The van der Waals surface area contributed by atoms with Gasteiger partial charge in [0.2, 0.25) is 0 Å². The third-order valence-corrected chi connectivity index (χ3v) is 3.11. The number of nitrogens with two attached hydrogens (primary N) is 1. The zero-order valence-corrected chi connectivity index (χ0v) is 10.5. The van der Waals surface area contributed by atoms with Crippen LogP contribution in [0.1, 0.15) is 11.3 Å². The smallest absolute Gasteiger partial charge is 0.294 e. The van der Waals surface area contributed by atoms with E-state index in [2.05, 4.69) is 33.5 Å². The summed E-state index contributed by atoms with van der Waals surface area (Å²) in [6.07, 6.45) is 4.53. The Labute approximate surface area is 110 Å². The van der Waals surface area contributed by atoms with Crippen LogP contribution in [-0.4, -0.2) is 16.5 Å². The van der Waals surface area contributed by atoms with E-state index in [4.69, 9.17) is 10.2 Å². The highest BCUT2D eigenvalue weighted by Crippen LogP contribution is 2.18. The second kappa shape index (κ2) is 5.16. The van der Waals surface area contributed by atoms with Gasteiger partial charge in [-0.15, -0.1) is 0 Å². The maximum absolute atomic E-state index is 5.48. The molecule has 0 aliphatic carbocycles. The second-order valence-corrected chi connectivity index (χ2v) is 4.38. The summed E-state index contributed by atoms with van der Waals surface area (Å²) in [6, 6.07) is 8.81. The number of H-pyrrole nitrogens is 1. The fourth-order valence-electron chi connectivity index (χ4n) is 2.12. The molecule has 4 N–H and O–H groups in total. The number of hydrogen-bond acceptors (Lipinski definition) is 4. The van der Waals surface area contributed by atoms with Crippen LogP contribution < -0.4 is 11.1 Å². The van der Waals surface area contributed by atoms with Crippen molar-refractivity contribution >= 4 is 16.9 Å². The Morgan fingerprint density at radius 1 is 1.32 bits per heavy atom. The molecular formula is C14H16N4O. The third kappa shape index (κ3) is 2.46. The van der Waals surface area contributed by atoms with Gasteiger partial charge in [0.1, 0.15) is 6.26 Å². The lowest BCUT2D eigenvalue weighted by molar-refractivity contribution is 0.569. The number of aromatic nitrogens is 2. The van der Waals surface area contributed by atoms with Crippen LogP contribution in [0.4, 0.5) is 6.01 Å². The molecule has 3 rings (SSSR count). The quantitative estimate of drug-likeness (QED) is 0.654. The molecule has 0 saturated carbocycles. The monoisotopic (exact) mass is 256 g/mol. The summed E-state index contributed by atoms with van der Waals surface area (Å²) in [7, 11) is 0. The molecule has 0 radical (unpaired) electrons. The van der Waals surface area contributed by atoms with Crippen LogP contribution in [0.25, 0.3) is 10.9 Å². The number of nitrogens with zero attached hydrogens (tertiary/aromatic N) is 1. The van der Waals surface area contributed by atoms with E-state index in [1.54, 1.807) is 6.26 Å². The molecular weight excluding hydrogens is 240 g/mol. The van der Waals surface area contributed by atoms with Gasteiger partial charge < -0.3 is 20.5 Å². The number of aromatic amines is 1. The normalized spacial score (nSPS) is 11.0. The predicted octanol–water partition coefficient (Wildman–Crippen LogP) is 2.27. The van der Waals surface area contributed by atoms with Crippen LogP contribution in [0.15, 0.2) is 41.1 Å². The number of anilines is 1. The van der Waals surface area contributed by atoms with E-state index < -0.39 is 0 Å². The van der Waals surface area contributed by atoms with Crippen molar-refractivity contribution in [2.45, 2.75) is 13.0 Å². The number of oxazole rings is 1. The van der Waals surface area contributed by atoms with Gasteiger partial charge in [-0.1, -0.05) is 18.2 Å². The fourth-order valence-corrected chi connectivity index (χ4v) is 2.12. The minimum Gasteiger partial charge on any atom is -0.432 e. The molecule has 0 fully saturated rings. The zero-order valence-electron chi connectivity index (χ0n) is 10.5. The van der Waals surface area contributed by atoms with Crippen molar-refractivity contribution in [2.75, 3.05) is 11.9 Å². The molecule has 0 unspecified atom stereocenters. The molecule has 0 atom stereocenters. The molecule has 98 valence electrons. The SMILES string of the molecule is NCc1coc(NCCc2c[nH]c3ccccc23)n1. The van der Waals surface area contributed by atoms with Gasteiger partial charge in [-0.25, -0.2) is 0 Å². The largest absolute Gasteiger partial charge is 0.432 e. The second-order valence-electron chi connectivity index (χ2n) is 4.38. The first-order chi connectivity index (χ1) is 9.36. The highest BCUT2D eigenvalue weighted by molar-refractivity contribution is 5.83. The van der Waals surface area contributed by atoms with Gasteiger partial charge in [0.15, 0.2) is 0 Å². The molecule has 0 aliphatic rings. The first kappa shape index (κ1) is 11.8. The van der Waals surface area contributed by atoms with E-state index >= 15 is 0 Å². The lowest BCUT2D eigenvalue weighted by Gasteiger charge is -2.00. The van der Waals surface area contributed by atoms with Crippen molar-refractivity contribution in [3.05, 3.63) is 48.0 Å². The van der Waals surface area contributed by atoms with Crippen molar-refractivity contribution in [3.8, 4) is 0 Å². The molecule has 5 heteroatoms. The number of fused-ring (bicyclic) bond motifs is 1. The van der Waals surface area contributed by atoms with Gasteiger partial charge in [-0.05, 0) is 18.1 Å². The number of nitrogens with one attached hydrogen (secondary N) is 2. The predicted molar refractivity (Wildman–Crippen MR) is 74.9 cm³/mol. The van der Waals surface area contributed by atoms with E-state index in [-0.39, 0.29) is 0 Å². The summed E-state index contributed by atoms with van der Waals surface area (Å²) in [6.45, 7) is 1.17. The third-order valence-electron chi connectivity index (χ3n) is 3.11. The number of benzene rings is 1. The van der Waals surface area contributed by atoms with Gasteiger partial charge in [0, 0.05) is 30.2 Å². The van der Waals surface area contributed by atoms with Crippen LogP contribution in [-0.2, 0) is 13.0 Å². The molecule has 2 aromatic heterocycles. The van der Waals surface area contributed by atoms with Crippen molar-refractivity contribution in [1.82, 2.24) is 9.97 Å². The first-order valence-electron chi connectivity index (χ1n) is 6.30. The Kier molecular flexibility index (Phi) is 3.20. The maximum atomic E-state index is 5.48. The summed E-state index contributed by atoms with van der Waals surface area (Å²) >= 11 is 0. The van der Waals surface area contributed by atoms with E-state index in [9.17, 15) is 0 Å². The minimum absolute atomic E-state index is 0.396. The highest BCUT2D eigenvalue weighted by atomic mass is 16.4. The summed E-state index contributed by atoms with van der Waals surface area (Å²) in [5.74, 6) is 0. The number of hydrogen-bond donors (Lipinski definition) is 3. The van der Waals surface area contributed by atoms with Crippen molar-refractivity contribution < 1.29 is 4.42 Å². The van der Waals surface area contributed by atoms with E-state index in [1.165, 1.54) is 16.5 Å². The van der Waals surface area contributed by atoms with Crippen LogP contribution in [0.3, 0.4) is 0 Å². The standard InChI is InChI=1S/C14H16N4O/c15-7-11-9-19-14(18-11)16-6-5-10-8-17-13-4-2-1-3-12(10)13/h1-4,8-9,17H,5-7,15H2,(H,16,18). The van der Waals surface area contributed by atoms with Crippen LogP contribution in [0.5, 0.6) is 0 Å². The minimum atomic E-state index is 0.396. The van der Waals surface area contributed by atoms with Crippen molar-refractivity contribution in [2.24, 2.45) is 5.73 Å². The summed E-state index contributed by atoms with van der Waals surface area (Å²) < 4.78 is 5.25. The zero-order chi connectivity index (χ0) is 13.1.